The van der Waals surface area contributed by atoms with E-state index in [0.717, 1.165) is 25.0 Å². The van der Waals surface area contributed by atoms with Gasteiger partial charge in [-0.15, -0.1) is 0 Å². The van der Waals surface area contributed by atoms with Crippen LogP contribution in [0.3, 0.4) is 0 Å². The number of morpholine rings is 1. The molecule has 0 saturated carbocycles. The van der Waals surface area contributed by atoms with Gasteiger partial charge in [-0.2, -0.15) is 0 Å². The summed E-state index contributed by atoms with van der Waals surface area (Å²) in [5, 5.41) is 0.929. The fraction of sp³-hybridized carbons (Fsp3) is 1.00. The quantitative estimate of drug-likeness (QED) is 0.727. The summed E-state index contributed by atoms with van der Waals surface area (Å²) < 4.78 is 11.7. The van der Waals surface area contributed by atoms with Gasteiger partial charge in [0.25, 0.3) is 0 Å². The van der Waals surface area contributed by atoms with Gasteiger partial charge in [0.05, 0.1) is 17.8 Å². The average Bonchev–Trinajstić information content (AvgIpc) is 2.80. The molecule has 4 heteroatoms. The van der Waals surface area contributed by atoms with Gasteiger partial charge in [0.2, 0.25) is 0 Å². The van der Waals surface area contributed by atoms with Gasteiger partial charge in [-0.25, -0.2) is 0 Å². The summed E-state index contributed by atoms with van der Waals surface area (Å²) in [5.41, 5.74) is -0.0133. The molecular weight excluding hydrogens is 294 g/mol. The van der Waals surface area contributed by atoms with Crippen molar-refractivity contribution in [3.05, 3.63) is 0 Å². The molecule has 2 heterocycles. The van der Waals surface area contributed by atoms with E-state index in [1.54, 1.807) is 0 Å². The van der Waals surface area contributed by atoms with Gasteiger partial charge >= 0.3 is 0 Å². The molecule has 0 radical (unpaired) electrons. The van der Waals surface area contributed by atoms with Gasteiger partial charge in [0, 0.05) is 25.0 Å². The lowest BCUT2D eigenvalue weighted by atomic mass is 10.0. The van der Waals surface area contributed by atoms with E-state index < -0.39 is 0 Å². The Hall–Kier alpha value is 0.360. The van der Waals surface area contributed by atoms with Crippen molar-refractivity contribution in [2.24, 2.45) is 0 Å². The molecule has 0 spiro atoms. The van der Waals surface area contributed by atoms with Crippen molar-refractivity contribution in [1.82, 2.24) is 4.90 Å². The summed E-state index contributed by atoms with van der Waals surface area (Å²) in [5.74, 6) is 0. The van der Waals surface area contributed by atoms with Gasteiger partial charge in [-0.3, -0.25) is 4.90 Å². The average molecular weight is 320 g/mol. The molecule has 106 valence electrons. The smallest absolute Gasteiger partial charge is 0.0806 e. The summed E-state index contributed by atoms with van der Waals surface area (Å²) in [6.07, 6.45) is 5.84. The van der Waals surface area contributed by atoms with Gasteiger partial charge in [0.15, 0.2) is 0 Å². The Labute approximate surface area is 119 Å². The zero-order valence-electron chi connectivity index (χ0n) is 11.7. The minimum absolute atomic E-state index is 0.0133. The van der Waals surface area contributed by atoms with Crippen molar-refractivity contribution in [1.29, 1.82) is 0 Å². The highest BCUT2D eigenvalue weighted by atomic mass is 79.9. The second kappa shape index (κ2) is 6.69. The lowest BCUT2D eigenvalue weighted by Gasteiger charge is -2.42. The third-order valence-electron chi connectivity index (χ3n) is 3.75. The molecule has 0 aromatic rings. The van der Waals surface area contributed by atoms with Crippen molar-refractivity contribution < 1.29 is 9.47 Å². The van der Waals surface area contributed by atoms with Crippen LogP contribution in [0.2, 0.25) is 0 Å². The van der Waals surface area contributed by atoms with Crippen molar-refractivity contribution >= 4 is 15.9 Å². The Morgan fingerprint density at radius 3 is 2.83 bits per heavy atom. The molecule has 0 N–H and O–H groups in total. The highest BCUT2D eigenvalue weighted by Gasteiger charge is 2.32. The van der Waals surface area contributed by atoms with Crippen LogP contribution in [0.1, 0.15) is 39.5 Å². The summed E-state index contributed by atoms with van der Waals surface area (Å²) in [4.78, 5) is 2.55. The molecule has 0 aromatic carbocycles. The lowest BCUT2D eigenvalue weighted by Crippen LogP contribution is -2.53. The summed E-state index contributed by atoms with van der Waals surface area (Å²) in [6, 6.07) is 0. The van der Waals surface area contributed by atoms with Crippen molar-refractivity contribution in [3.63, 3.8) is 0 Å². The summed E-state index contributed by atoms with van der Waals surface area (Å²) in [6.45, 7) is 8.63. The van der Waals surface area contributed by atoms with Gasteiger partial charge < -0.3 is 9.47 Å². The minimum atomic E-state index is -0.0133. The Morgan fingerprint density at radius 2 is 2.17 bits per heavy atom. The first-order valence-electron chi connectivity index (χ1n) is 7.17. The van der Waals surface area contributed by atoms with E-state index in [0.29, 0.717) is 12.2 Å². The molecule has 3 nitrogen and oxygen atoms in total. The molecule has 2 aliphatic heterocycles. The molecule has 0 aromatic heterocycles. The van der Waals surface area contributed by atoms with Crippen LogP contribution in [0.25, 0.3) is 0 Å². The lowest BCUT2D eigenvalue weighted by molar-refractivity contribution is -0.126. The fourth-order valence-electron chi connectivity index (χ4n) is 3.08. The van der Waals surface area contributed by atoms with Crippen LogP contribution in [0.15, 0.2) is 0 Å². The Bertz CT molecular complexity index is 254. The Kier molecular flexibility index (Phi) is 5.48. The van der Waals surface area contributed by atoms with E-state index in [9.17, 15) is 0 Å². The topological polar surface area (TPSA) is 21.7 Å². The molecule has 0 bridgehead atoms. The molecule has 2 saturated heterocycles. The number of halogens is 1. The number of rotatable bonds is 5. The molecule has 2 unspecified atom stereocenters. The number of alkyl halides is 1. The molecule has 2 atom stereocenters. The molecule has 0 aliphatic carbocycles. The molecule has 2 rings (SSSR count). The fourth-order valence-corrected chi connectivity index (χ4v) is 3.42. The third kappa shape index (κ3) is 4.48. The van der Waals surface area contributed by atoms with Crippen LogP contribution in [0.5, 0.6) is 0 Å². The van der Waals surface area contributed by atoms with E-state index in [1.807, 2.05) is 0 Å². The van der Waals surface area contributed by atoms with Gasteiger partial charge in [0.1, 0.15) is 0 Å². The summed E-state index contributed by atoms with van der Waals surface area (Å²) in [7, 11) is 0. The van der Waals surface area contributed by atoms with Crippen LogP contribution in [0.4, 0.5) is 0 Å². The van der Waals surface area contributed by atoms with Crippen LogP contribution in [-0.2, 0) is 9.47 Å². The molecule has 18 heavy (non-hydrogen) atoms. The van der Waals surface area contributed by atoms with Crippen LogP contribution < -0.4 is 0 Å². The standard InChI is InChI=1S/C14H26BrNO2/c1-14(2)11-16(10-13(9-15)18-14)7-3-5-12-6-4-8-17-12/h12-13H,3-11H2,1-2H3. The Morgan fingerprint density at radius 1 is 1.33 bits per heavy atom. The first-order valence-corrected chi connectivity index (χ1v) is 8.29. The van der Waals surface area contributed by atoms with Crippen LogP contribution in [-0.4, -0.2) is 54.3 Å². The number of hydrogen-bond donors (Lipinski definition) is 0. The van der Waals surface area contributed by atoms with E-state index in [1.165, 1.54) is 32.2 Å². The Balaban J connectivity index is 1.70. The maximum atomic E-state index is 6.02. The van der Waals surface area contributed by atoms with Crippen molar-refractivity contribution in [3.8, 4) is 0 Å². The molecule has 2 fully saturated rings. The minimum Gasteiger partial charge on any atom is -0.378 e. The predicted octanol–water partition coefficient (Wildman–Crippen LogP) is 2.82. The number of hydrogen-bond acceptors (Lipinski definition) is 3. The molecule has 0 amide bonds. The van der Waals surface area contributed by atoms with Gasteiger partial charge in [-0.1, -0.05) is 15.9 Å². The van der Waals surface area contributed by atoms with E-state index in [2.05, 4.69) is 34.7 Å². The van der Waals surface area contributed by atoms with E-state index in [4.69, 9.17) is 9.47 Å². The zero-order chi connectivity index (χ0) is 13.0. The molecule has 2 aliphatic rings. The first-order chi connectivity index (χ1) is 8.59. The maximum Gasteiger partial charge on any atom is 0.0806 e. The highest BCUT2D eigenvalue weighted by molar-refractivity contribution is 9.09. The molecular formula is C14H26BrNO2. The van der Waals surface area contributed by atoms with E-state index in [-0.39, 0.29) is 5.60 Å². The second-order valence-corrected chi connectivity index (χ2v) is 6.81. The first kappa shape index (κ1) is 14.8. The number of ether oxygens (including phenoxy) is 2. The second-order valence-electron chi connectivity index (χ2n) is 6.17. The number of nitrogens with zero attached hydrogens (tertiary/aromatic N) is 1. The van der Waals surface area contributed by atoms with Gasteiger partial charge in [-0.05, 0) is 46.1 Å². The SMILES string of the molecule is CC1(C)CN(CCCC2CCCO2)CC(CBr)O1. The van der Waals surface area contributed by atoms with Crippen LogP contribution in [0, 0.1) is 0 Å². The normalized spacial score (nSPS) is 32.8. The maximum absolute atomic E-state index is 6.02. The zero-order valence-corrected chi connectivity index (χ0v) is 13.2. The van der Waals surface area contributed by atoms with Crippen molar-refractivity contribution in [2.75, 3.05) is 31.6 Å². The van der Waals surface area contributed by atoms with E-state index >= 15 is 0 Å². The monoisotopic (exact) mass is 319 g/mol. The summed E-state index contributed by atoms with van der Waals surface area (Å²) >= 11 is 3.54. The third-order valence-corrected chi connectivity index (χ3v) is 4.47. The highest BCUT2D eigenvalue weighted by Crippen LogP contribution is 2.23. The predicted molar refractivity (Wildman–Crippen MR) is 77.4 cm³/mol. The van der Waals surface area contributed by atoms with Crippen LogP contribution >= 0.6 is 15.9 Å². The largest absolute Gasteiger partial charge is 0.378 e. The van der Waals surface area contributed by atoms with Crippen molar-refractivity contribution in [2.45, 2.75) is 57.3 Å².